The molecule has 0 heterocycles. The summed E-state index contributed by atoms with van der Waals surface area (Å²) in [7, 11) is 0. The summed E-state index contributed by atoms with van der Waals surface area (Å²) in [6.07, 6.45) is 0. The molecule has 104 valence electrons. The van der Waals surface area contributed by atoms with E-state index in [0.29, 0.717) is 10.7 Å². The Morgan fingerprint density at radius 1 is 1.25 bits per heavy atom. The zero-order valence-electron chi connectivity index (χ0n) is 10.6. The topological polar surface area (TPSA) is 55.2 Å². The summed E-state index contributed by atoms with van der Waals surface area (Å²) in [5, 5.41) is 14.4. The zero-order valence-corrected chi connectivity index (χ0v) is 11.4. The third-order valence-corrected chi connectivity index (χ3v) is 3.13. The standard InChI is InChI=1S/C14H12ClFN2O2/c1-9(10-2-5-12(16)6-3-10)17-13-8-11(15)4-7-14(13)18(19)20/h2-9,17H,1H3. The van der Waals surface area contributed by atoms with Crippen molar-refractivity contribution in [2.75, 3.05) is 5.32 Å². The Bertz CT molecular complexity index is 632. The highest BCUT2D eigenvalue weighted by atomic mass is 35.5. The molecule has 20 heavy (non-hydrogen) atoms. The van der Waals surface area contributed by atoms with Crippen LogP contribution in [0.3, 0.4) is 0 Å². The van der Waals surface area contributed by atoms with Gasteiger partial charge in [-0.05, 0) is 36.8 Å². The first kappa shape index (κ1) is 14.3. The maximum Gasteiger partial charge on any atom is 0.292 e. The monoisotopic (exact) mass is 294 g/mol. The Balaban J connectivity index is 2.27. The van der Waals surface area contributed by atoms with Crippen molar-refractivity contribution in [1.82, 2.24) is 0 Å². The Morgan fingerprint density at radius 2 is 1.90 bits per heavy atom. The van der Waals surface area contributed by atoms with E-state index in [2.05, 4.69) is 5.32 Å². The van der Waals surface area contributed by atoms with Gasteiger partial charge < -0.3 is 5.32 Å². The fraction of sp³-hybridized carbons (Fsp3) is 0.143. The Kier molecular flexibility index (Phi) is 4.20. The lowest BCUT2D eigenvalue weighted by atomic mass is 10.1. The van der Waals surface area contributed by atoms with Gasteiger partial charge in [0.25, 0.3) is 5.69 Å². The van der Waals surface area contributed by atoms with E-state index in [9.17, 15) is 14.5 Å². The van der Waals surface area contributed by atoms with Crippen LogP contribution in [-0.2, 0) is 0 Å². The van der Waals surface area contributed by atoms with Crippen molar-refractivity contribution in [2.24, 2.45) is 0 Å². The molecular formula is C14H12ClFN2O2. The first-order valence-corrected chi connectivity index (χ1v) is 6.31. The molecule has 2 aromatic rings. The lowest BCUT2D eigenvalue weighted by Crippen LogP contribution is -2.08. The smallest absolute Gasteiger partial charge is 0.292 e. The molecule has 0 saturated carbocycles. The van der Waals surface area contributed by atoms with Gasteiger partial charge in [0, 0.05) is 17.1 Å². The highest BCUT2D eigenvalue weighted by molar-refractivity contribution is 6.31. The van der Waals surface area contributed by atoms with Crippen LogP contribution in [0.5, 0.6) is 0 Å². The molecule has 0 amide bonds. The van der Waals surface area contributed by atoms with Crippen LogP contribution < -0.4 is 5.32 Å². The van der Waals surface area contributed by atoms with Crippen molar-refractivity contribution in [3.63, 3.8) is 0 Å². The molecule has 0 saturated heterocycles. The van der Waals surface area contributed by atoms with Gasteiger partial charge in [0.2, 0.25) is 0 Å². The van der Waals surface area contributed by atoms with Gasteiger partial charge in [0.15, 0.2) is 0 Å². The van der Waals surface area contributed by atoms with E-state index < -0.39 is 4.92 Å². The van der Waals surface area contributed by atoms with E-state index in [4.69, 9.17) is 11.6 Å². The van der Waals surface area contributed by atoms with E-state index in [-0.39, 0.29) is 17.5 Å². The normalized spacial score (nSPS) is 11.9. The fourth-order valence-corrected chi connectivity index (χ4v) is 2.02. The second kappa shape index (κ2) is 5.88. The van der Waals surface area contributed by atoms with Gasteiger partial charge in [-0.15, -0.1) is 0 Å². The first-order valence-electron chi connectivity index (χ1n) is 5.93. The molecule has 0 bridgehead atoms. The summed E-state index contributed by atoms with van der Waals surface area (Å²) in [6, 6.07) is 10.1. The van der Waals surface area contributed by atoms with Gasteiger partial charge >= 0.3 is 0 Å². The maximum atomic E-state index is 12.9. The molecule has 0 fully saturated rings. The van der Waals surface area contributed by atoms with Crippen LogP contribution in [0.25, 0.3) is 0 Å². The molecule has 1 atom stereocenters. The van der Waals surface area contributed by atoms with Crippen LogP contribution in [0.1, 0.15) is 18.5 Å². The van der Waals surface area contributed by atoms with Crippen molar-refractivity contribution < 1.29 is 9.31 Å². The zero-order chi connectivity index (χ0) is 14.7. The number of rotatable bonds is 4. The molecule has 2 rings (SSSR count). The number of benzene rings is 2. The third-order valence-electron chi connectivity index (χ3n) is 2.90. The van der Waals surface area contributed by atoms with Crippen LogP contribution in [0, 0.1) is 15.9 Å². The van der Waals surface area contributed by atoms with Crippen molar-refractivity contribution >= 4 is 23.0 Å². The van der Waals surface area contributed by atoms with Crippen LogP contribution >= 0.6 is 11.6 Å². The van der Waals surface area contributed by atoms with Crippen LogP contribution in [0.2, 0.25) is 5.02 Å². The van der Waals surface area contributed by atoms with E-state index in [1.54, 1.807) is 12.1 Å². The molecule has 2 aromatic carbocycles. The molecular weight excluding hydrogens is 283 g/mol. The molecule has 0 aromatic heterocycles. The average Bonchev–Trinajstić information content (AvgIpc) is 2.39. The van der Waals surface area contributed by atoms with Crippen molar-refractivity contribution in [1.29, 1.82) is 0 Å². The first-order chi connectivity index (χ1) is 9.47. The predicted molar refractivity (Wildman–Crippen MR) is 76.5 cm³/mol. The van der Waals surface area contributed by atoms with Crippen LogP contribution in [0.15, 0.2) is 42.5 Å². The number of nitro benzene ring substituents is 1. The number of anilines is 1. The van der Waals surface area contributed by atoms with Crippen molar-refractivity contribution in [3.8, 4) is 0 Å². The molecule has 0 aliphatic carbocycles. The molecule has 1 unspecified atom stereocenters. The fourth-order valence-electron chi connectivity index (χ4n) is 1.85. The lowest BCUT2D eigenvalue weighted by Gasteiger charge is -2.16. The summed E-state index contributed by atoms with van der Waals surface area (Å²) < 4.78 is 12.9. The molecule has 0 spiro atoms. The van der Waals surface area contributed by atoms with E-state index in [1.807, 2.05) is 6.92 Å². The van der Waals surface area contributed by atoms with Gasteiger partial charge in [-0.25, -0.2) is 4.39 Å². The molecule has 0 aliphatic rings. The molecule has 6 heteroatoms. The van der Waals surface area contributed by atoms with E-state index in [1.165, 1.54) is 30.3 Å². The second-order valence-corrected chi connectivity index (χ2v) is 4.77. The van der Waals surface area contributed by atoms with E-state index in [0.717, 1.165) is 5.56 Å². The average molecular weight is 295 g/mol. The minimum Gasteiger partial charge on any atom is -0.373 e. The largest absolute Gasteiger partial charge is 0.373 e. The van der Waals surface area contributed by atoms with Gasteiger partial charge in [0.05, 0.1) is 4.92 Å². The van der Waals surface area contributed by atoms with Gasteiger partial charge in [-0.2, -0.15) is 0 Å². The second-order valence-electron chi connectivity index (χ2n) is 4.34. The number of nitrogens with zero attached hydrogens (tertiary/aromatic N) is 1. The summed E-state index contributed by atoms with van der Waals surface area (Å²) >= 11 is 5.86. The SMILES string of the molecule is CC(Nc1cc(Cl)ccc1[N+](=O)[O-])c1ccc(F)cc1. The van der Waals surface area contributed by atoms with Crippen LogP contribution in [-0.4, -0.2) is 4.92 Å². The molecule has 0 radical (unpaired) electrons. The van der Waals surface area contributed by atoms with Crippen LogP contribution in [0.4, 0.5) is 15.8 Å². The van der Waals surface area contributed by atoms with Crippen molar-refractivity contribution in [2.45, 2.75) is 13.0 Å². The predicted octanol–water partition coefficient (Wildman–Crippen LogP) is 4.56. The maximum absolute atomic E-state index is 12.9. The summed E-state index contributed by atoms with van der Waals surface area (Å²) in [5.41, 5.74) is 1.10. The summed E-state index contributed by atoms with van der Waals surface area (Å²) in [5.74, 6) is -0.324. The van der Waals surface area contributed by atoms with E-state index >= 15 is 0 Å². The highest BCUT2D eigenvalue weighted by Crippen LogP contribution is 2.30. The number of nitro groups is 1. The number of hydrogen-bond acceptors (Lipinski definition) is 3. The third kappa shape index (κ3) is 3.24. The highest BCUT2D eigenvalue weighted by Gasteiger charge is 2.16. The van der Waals surface area contributed by atoms with Gasteiger partial charge in [-0.3, -0.25) is 10.1 Å². The van der Waals surface area contributed by atoms with Gasteiger partial charge in [-0.1, -0.05) is 23.7 Å². The quantitative estimate of drug-likeness (QED) is 0.664. The Hall–Kier alpha value is -2.14. The lowest BCUT2D eigenvalue weighted by molar-refractivity contribution is -0.384. The van der Waals surface area contributed by atoms with Crippen molar-refractivity contribution in [3.05, 3.63) is 69.0 Å². The minimum atomic E-state index is -0.476. The minimum absolute atomic E-state index is 0.0524. The van der Waals surface area contributed by atoms with Gasteiger partial charge in [0.1, 0.15) is 11.5 Å². The number of halogens is 2. The summed E-state index contributed by atoms with van der Waals surface area (Å²) in [6.45, 7) is 1.83. The molecule has 0 aliphatic heterocycles. The number of hydrogen-bond donors (Lipinski definition) is 1. The molecule has 1 N–H and O–H groups in total. The molecule has 4 nitrogen and oxygen atoms in total. The Labute approximate surface area is 120 Å². The number of nitrogens with one attached hydrogen (secondary N) is 1. The summed E-state index contributed by atoms with van der Waals surface area (Å²) in [4.78, 5) is 10.5. The Morgan fingerprint density at radius 3 is 2.50 bits per heavy atom.